The van der Waals surface area contributed by atoms with E-state index in [1.807, 2.05) is 10.8 Å². The van der Waals surface area contributed by atoms with Crippen LogP contribution in [0.1, 0.15) is 0 Å². The highest BCUT2D eigenvalue weighted by molar-refractivity contribution is 7.98. The lowest BCUT2D eigenvalue weighted by Gasteiger charge is -2.13. The Balaban J connectivity index is 3.13. The molecular formula is C9H17N3SSi. The van der Waals surface area contributed by atoms with Crippen LogP contribution in [-0.2, 0) is 6.54 Å². The molecule has 1 rings (SSSR count). The Labute approximate surface area is 90.6 Å². The first-order valence-corrected chi connectivity index (χ1v) is 9.32. The number of hydrogen-bond acceptors (Lipinski definition) is 3. The van der Waals surface area contributed by atoms with Crippen LogP contribution in [-0.4, -0.2) is 29.3 Å². The Hall–Kier alpha value is -0.553. The summed E-state index contributed by atoms with van der Waals surface area (Å²) in [6.07, 6.45) is 3.92. The average molecular weight is 227 g/mol. The van der Waals surface area contributed by atoms with Crippen LogP contribution >= 0.6 is 11.8 Å². The number of rotatable bonds is 4. The molecule has 0 spiro atoms. The van der Waals surface area contributed by atoms with Crippen LogP contribution in [0, 0.1) is 0 Å². The minimum absolute atomic E-state index is 0.744. The van der Waals surface area contributed by atoms with Crippen molar-refractivity contribution in [2.75, 3.05) is 6.26 Å². The molecule has 0 aliphatic rings. The summed E-state index contributed by atoms with van der Waals surface area (Å²) in [7, 11) is -1.36. The second-order valence-electron chi connectivity index (χ2n) is 4.17. The zero-order valence-electron chi connectivity index (χ0n) is 9.24. The van der Waals surface area contributed by atoms with Crippen LogP contribution in [0.4, 0.5) is 0 Å². The van der Waals surface area contributed by atoms with Crippen LogP contribution < -0.4 is 5.32 Å². The summed E-state index contributed by atoms with van der Waals surface area (Å²) < 4.78 is 1.92. The molecule has 1 heterocycles. The molecule has 14 heavy (non-hydrogen) atoms. The number of nitrogens with zero attached hydrogens (tertiary/aromatic N) is 3. The van der Waals surface area contributed by atoms with E-state index in [1.165, 1.54) is 10.3 Å². The number of allylic oxidation sites excluding steroid dienone is 1. The lowest BCUT2D eigenvalue weighted by molar-refractivity contribution is 0.616. The van der Waals surface area contributed by atoms with E-state index in [2.05, 4.69) is 42.8 Å². The third-order valence-corrected chi connectivity index (χ3v) is 4.63. The van der Waals surface area contributed by atoms with Crippen LogP contribution in [0.15, 0.2) is 17.7 Å². The van der Waals surface area contributed by atoms with Crippen molar-refractivity contribution in [1.82, 2.24) is 15.0 Å². The second kappa shape index (κ2) is 4.31. The molecule has 1 aromatic rings. The van der Waals surface area contributed by atoms with Crippen molar-refractivity contribution in [1.29, 1.82) is 0 Å². The van der Waals surface area contributed by atoms with Gasteiger partial charge in [0.05, 0.1) is 11.9 Å². The highest BCUT2D eigenvalue weighted by Gasteiger charge is 2.25. The van der Waals surface area contributed by atoms with Gasteiger partial charge in [-0.25, -0.2) is 4.68 Å². The van der Waals surface area contributed by atoms with Gasteiger partial charge in [-0.3, -0.25) is 0 Å². The number of thioether (sulfide) groups is 1. The molecule has 5 heteroatoms. The van der Waals surface area contributed by atoms with Crippen LogP contribution in [0.25, 0.3) is 0 Å². The van der Waals surface area contributed by atoms with Gasteiger partial charge in [-0.05, 0) is 6.26 Å². The fourth-order valence-electron chi connectivity index (χ4n) is 1.22. The zero-order valence-corrected chi connectivity index (χ0v) is 11.1. The summed E-state index contributed by atoms with van der Waals surface area (Å²) in [6, 6.07) is 0. The second-order valence-corrected chi connectivity index (χ2v) is 9.94. The van der Waals surface area contributed by atoms with Crippen molar-refractivity contribution in [2.45, 2.75) is 31.2 Å². The lowest BCUT2D eigenvalue weighted by atomic mass is 10.6. The Bertz CT molecular complexity index is 327. The lowest BCUT2D eigenvalue weighted by Crippen LogP contribution is -2.40. The largest absolute Gasteiger partial charge is 0.235 e. The molecule has 0 aromatic carbocycles. The van der Waals surface area contributed by atoms with Gasteiger partial charge in [-0.15, -0.1) is 23.4 Å². The summed E-state index contributed by atoms with van der Waals surface area (Å²) in [4.78, 5) is 0. The predicted molar refractivity (Wildman–Crippen MR) is 65.0 cm³/mol. The summed E-state index contributed by atoms with van der Waals surface area (Å²) in [5.74, 6) is 0. The molecule has 0 saturated carbocycles. The van der Waals surface area contributed by atoms with Gasteiger partial charge < -0.3 is 0 Å². The molecule has 78 valence electrons. The maximum Gasteiger partial charge on any atom is 0.113 e. The zero-order chi connectivity index (χ0) is 10.8. The van der Waals surface area contributed by atoms with Crippen molar-refractivity contribution in [3.8, 4) is 0 Å². The van der Waals surface area contributed by atoms with E-state index in [0.717, 1.165) is 6.54 Å². The van der Waals surface area contributed by atoms with Gasteiger partial charge >= 0.3 is 0 Å². The van der Waals surface area contributed by atoms with Crippen LogP contribution in [0.5, 0.6) is 0 Å². The minimum atomic E-state index is -1.36. The molecule has 3 nitrogen and oxygen atoms in total. The van der Waals surface area contributed by atoms with Gasteiger partial charge in [0.15, 0.2) is 0 Å². The SMILES string of the molecule is C=CCn1nnc([Si](C)(C)C)c1SC. The molecule has 0 aliphatic carbocycles. The third kappa shape index (κ3) is 2.27. The van der Waals surface area contributed by atoms with Gasteiger partial charge in [-0.2, -0.15) is 0 Å². The van der Waals surface area contributed by atoms with Gasteiger partial charge in [-0.1, -0.05) is 30.9 Å². The summed E-state index contributed by atoms with van der Waals surface area (Å²) in [5.41, 5.74) is 0. The van der Waals surface area contributed by atoms with E-state index in [4.69, 9.17) is 0 Å². The van der Waals surface area contributed by atoms with E-state index in [1.54, 1.807) is 11.8 Å². The first-order valence-electron chi connectivity index (χ1n) is 4.59. The van der Waals surface area contributed by atoms with Gasteiger partial charge in [0.25, 0.3) is 0 Å². The maximum atomic E-state index is 4.28. The first-order chi connectivity index (χ1) is 6.50. The van der Waals surface area contributed by atoms with Crippen molar-refractivity contribution < 1.29 is 0 Å². The molecule has 0 fully saturated rings. The quantitative estimate of drug-likeness (QED) is 0.446. The number of hydrogen-bond donors (Lipinski definition) is 0. The van der Waals surface area contributed by atoms with E-state index in [-0.39, 0.29) is 0 Å². The maximum absolute atomic E-state index is 4.28. The fourth-order valence-corrected chi connectivity index (χ4v) is 4.11. The molecule has 0 bridgehead atoms. The van der Waals surface area contributed by atoms with E-state index < -0.39 is 8.07 Å². The smallest absolute Gasteiger partial charge is 0.113 e. The molecule has 0 aliphatic heterocycles. The average Bonchev–Trinajstić information content (AvgIpc) is 2.47. The van der Waals surface area contributed by atoms with Crippen molar-refractivity contribution in [3.63, 3.8) is 0 Å². The fraction of sp³-hybridized carbons (Fsp3) is 0.556. The Morgan fingerprint density at radius 2 is 2.14 bits per heavy atom. The predicted octanol–water partition coefficient (Wildman–Crippen LogP) is 1.73. The van der Waals surface area contributed by atoms with Crippen molar-refractivity contribution in [2.24, 2.45) is 0 Å². The molecular weight excluding hydrogens is 210 g/mol. The topological polar surface area (TPSA) is 30.7 Å². The van der Waals surface area contributed by atoms with Crippen molar-refractivity contribution >= 4 is 25.2 Å². The molecule has 0 unspecified atom stereocenters. The van der Waals surface area contributed by atoms with E-state index in [0.29, 0.717) is 0 Å². The number of aromatic nitrogens is 3. The van der Waals surface area contributed by atoms with Crippen molar-refractivity contribution in [3.05, 3.63) is 12.7 Å². The molecule has 1 aromatic heterocycles. The standard InChI is InChI=1S/C9H17N3SSi/c1-6-7-12-9(13-2)8(10-11-12)14(3,4)5/h6H,1,7H2,2-5H3. The summed E-state index contributed by atoms with van der Waals surface area (Å²) in [6.45, 7) is 11.3. The molecule has 0 atom stereocenters. The molecule has 0 N–H and O–H groups in total. The Kier molecular flexibility index (Phi) is 3.55. The van der Waals surface area contributed by atoms with Crippen LogP contribution in [0.2, 0.25) is 19.6 Å². The highest BCUT2D eigenvalue weighted by Crippen LogP contribution is 2.14. The molecule has 0 radical (unpaired) electrons. The van der Waals surface area contributed by atoms with E-state index >= 15 is 0 Å². The van der Waals surface area contributed by atoms with Gasteiger partial charge in [0.1, 0.15) is 13.1 Å². The monoisotopic (exact) mass is 227 g/mol. The van der Waals surface area contributed by atoms with Gasteiger partial charge in [0, 0.05) is 0 Å². The highest BCUT2D eigenvalue weighted by atomic mass is 32.2. The Morgan fingerprint density at radius 1 is 1.50 bits per heavy atom. The minimum Gasteiger partial charge on any atom is -0.235 e. The van der Waals surface area contributed by atoms with E-state index in [9.17, 15) is 0 Å². The normalized spacial score (nSPS) is 11.7. The molecule has 0 amide bonds. The molecule has 0 saturated heterocycles. The summed E-state index contributed by atoms with van der Waals surface area (Å²) in [5, 5.41) is 10.8. The summed E-state index contributed by atoms with van der Waals surface area (Å²) >= 11 is 1.72. The van der Waals surface area contributed by atoms with Crippen LogP contribution in [0.3, 0.4) is 0 Å². The van der Waals surface area contributed by atoms with Gasteiger partial charge in [0.2, 0.25) is 0 Å². The third-order valence-electron chi connectivity index (χ3n) is 1.90. The Morgan fingerprint density at radius 3 is 2.57 bits per heavy atom. The first kappa shape index (κ1) is 11.5.